The van der Waals surface area contributed by atoms with Gasteiger partial charge in [0, 0.05) is 50.2 Å². The van der Waals surface area contributed by atoms with E-state index in [4.69, 9.17) is 0 Å². The van der Waals surface area contributed by atoms with Gasteiger partial charge < -0.3 is 10.2 Å². The molecule has 3 heterocycles. The van der Waals surface area contributed by atoms with Crippen molar-refractivity contribution in [2.75, 3.05) is 39.3 Å². The summed E-state index contributed by atoms with van der Waals surface area (Å²) in [7, 11) is 0. The molecular formula is C18H29N3OS. The predicted octanol–water partition coefficient (Wildman–Crippen LogP) is 2.38. The van der Waals surface area contributed by atoms with E-state index >= 15 is 0 Å². The van der Waals surface area contributed by atoms with Crippen LogP contribution in [0.1, 0.15) is 46.8 Å². The molecule has 2 saturated heterocycles. The van der Waals surface area contributed by atoms with Gasteiger partial charge in [0.1, 0.15) is 0 Å². The van der Waals surface area contributed by atoms with Gasteiger partial charge in [-0.3, -0.25) is 9.69 Å². The van der Waals surface area contributed by atoms with Crippen LogP contribution in [0.25, 0.3) is 0 Å². The molecule has 0 aliphatic carbocycles. The molecule has 1 N–H and O–H groups in total. The highest BCUT2D eigenvalue weighted by molar-refractivity contribution is 7.14. The van der Waals surface area contributed by atoms with Crippen LogP contribution in [-0.2, 0) is 12.8 Å². The SMILES string of the molecule is CCCc1sc(C(=O)N2CCC(N3CCNCC3)C2)cc1CC. The third kappa shape index (κ3) is 3.78. The van der Waals surface area contributed by atoms with E-state index in [1.165, 1.54) is 10.4 Å². The van der Waals surface area contributed by atoms with Crippen molar-refractivity contribution in [3.05, 3.63) is 21.4 Å². The van der Waals surface area contributed by atoms with E-state index in [1.807, 2.05) is 0 Å². The zero-order valence-electron chi connectivity index (χ0n) is 14.4. The summed E-state index contributed by atoms with van der Waals surface area (Å²) < 4.78 is 0. The molecule has 1 aromatic rings. The van der Waals surface area contributed by atoms with E-state index in [-0.39, 0.29) is 5.91 Å². The van der Waals surface area contributed by atoms with Crippen molar-refractivity contribution in [3.8, 4) is 0 Å². The molecule has 2 aliphatic heterocycles. The summed E-state index contributed by atoms with van der Waals surface area (Å²) in [5.74, 6) is 0.254. The van der Waals surface area contributed by atoms with Crippen LogP contribution >= 0.6 is 11.3 Å². The molecule has 128 valence electrons. The van der Waals surface area contributed by atoms with Crippen LogP contribution in [0.2, 0.25) is 0 Å². The zero-order valence-corrected chi connectivity index (χ0v) is 15.3. The maximum Gasteiger partial charge on any atom is 0.263 e. The fourth-order valence-corrected chi connectivity index (χ4v) is 5.06. The Bertz CT molecular complexity index is 536. The molecule has 1 amide bonds. The third-order valence-electron chi connectivity index (χ3n) is 5.08. The number of carbonyl (C=O) groups is 1. The molecule has 0 radical (unpaired) electrons. The largest absolute Gasteiger partial charge is 0.336 e. The molecule has 1 atom stereocenters. The summed E-state index contributed by atoms with van der Waals surface area (Å²) in [6, 6.07) is 2.71. The lowest BCUT2D eigenvalue weighted by Gasteiger charge is -2.32. The molecular weight excluding hydrogens is 306 g/mol. The van der Waals surface area contributed by atoms with Gasteiger partial charge in [-0.15, -0.1) is 11.3 Å². The van der Waals surface area contributed by atoms with Crippen molar-refractivity contribution >= 4 is 17.2 Å². The van der Waals surface area contributed by atoms with Crippen LogP contribution in [0.15, 0.2) is 6.07 Å². The molecule has 23 heavy (non-hydrogen) atoms. The molecule has 1 aromatic heterocycles. The number of amides is 1. The van der Waals surface area contributed by atoms with E-state index in [9.17, 15) is 4.79 Å². The number of rotatable bonds is 5. The Morgan fingerprint density at radius 2 is 2.09 bits per heavy atom. The Balaban J connectivity index is 1.64. The second-order valence-corrected chi connectivity index (χ2v) is 7.78. The number of hydrogen-bond donors (Lipinski definition) is 1. The molecule has 0 aromatic carbocycles. The molecule has 2 fully saturated rings. The molecule has 2 aliphatic rings. The lowest BCUT2D eigenvalue weighted by Crippen LogP contribution is -2.49. The Morgan fingerprint density at radius 3 is 2.78 bits per heavy atom. The van der Waals surface area contributed by atoms with Crippen molar-refractivity contribution in [2.24, 2.45) is 0 Å². The number of aryl methyl sites for hydroxylation is 2. The maximum atomic E-state index is 12.9. The maximum absolute atomic E-state index is 12.9. The molecule has 0 spiro atoms. The minimum absolute atomic E-state index is 0.254. The molecule has 3 rings (SSSR count). The van der Waals surface area contributed by atoms with E-state index in [1.54, 1.807) is 11.3 Å². The third-order valence-corrected chi connectivity index (χ3v) is 6.31. The predicted molar refractivity (Wildman–Crippen MR) is 96.4 cm³/mol. The smallest absolute Gasteiger partial charge is 0.263 e. The molecule has 0 saturated carbocycles. The fourth-order valence-electron chi connectivity index (χ4n) is 3.74. The average molecular weight is 336 g/mol. The Kier molecular flexibility index (Phi) is 5.72. The van der Waals surface area contributed by atoms with Crippen molar-refractivity contribution in [3.63, 3.8) is 0 Å². The quantitative estimate of drug-likeness (QED) is 0.897. The van der Waals surface area contributed by atoms with Gasteiger partial charge in [0.2, 0.25) is 0 Å². The number of likely N-dealkylation sites (tertiary alicyclic amines) is 1. The molecule has 1 unspecified atom stereocenters. The van der Waals surface area contributed by atoms with Gasteiger partial charge in [-0.1, -0.05) is 20.3 Å². The summed E-state index contributed by atoms with van der Waals surface area (Å²) in [6.07, 6.45) is 4.41. The van der Waals surface area contributed by atoms with Gasteiger partial charge in [-0.2, -0.15) is 0 Å². The fraction of sp³-hybridized carbons (Fsp3) is 0.722. The highest BCUT2D eigenvalue weighted by Gasteiger charge is 2.32. The van der Waals surface area contributed by atoms with Crippen LogP contribution in [0.3, 0.4) is 0 Å². The van der Waals surface area contributed by atoms with Crippen LogP contribution in [-0.4, -0.2) is 61.0 Å². The van der Waals surface area contributed by atoms with Crippen molar-refractivity contribution in [1.82, 2.24) is 15.1 Å². The van der Waals surface area contributed by atoms with Gasteiger partial charge >= 0.3 is 0 Å². The van der Waals surface area contributed by atoms with Crippen molar-refractivity contribution < 1.29 is 4.79 Å². The first-order valence-corrected chi connectivity index (χ1v) is 9.90. The van der Waals surface area contributed by atoms with Crippen molar-refractivity contribution in [2.45, 2.75) is 45.6 Å². The minimum atomic E-state index is 0.254. The topological polar surface area (TPSA) is 35.6 Å². The number of carbonyl (C=O) groups excluding carboxylic acids is 1. The minimum Gasteiger partial charge on any atom is -0.336 e. The molecule has 4 nitrogen and oxygen atoms in total. The number of nitrogens with one attached hydrogen (secondary N) is 1. The average Bonchev–Trinajstić information content (AvgIpc) is 3.22. The molecule has 5 heteroatoms. The van der Waals surface area contributed by atoms with Crippen LogP contribution < -0.4 is 5.32 Å². The first-order valence-electron chi connectivity index (χ1n) is 9.08. The van der Waals surface area contributed by atoms with E-state index < -0.39 is 0 Å². The second-order valence-electron chi connectivity index (χ2n) is 6.64. The first-order chi connectivity index (χ1) is 11.2. The Morgan fingerprint density at radius 1 is 1.30 bits per heavy atom. The number of hydrogen-bond acceptors (Lipinski definition) is 4. The standard InChI is InChI=1S/C18H29N3OS/c1-3-5-16-14(4-2)12-17(23-16)18(22)21-9-6-15(13-21)20-10-7-19-8-11-20/h12,15,19H,3-11,13H2,1-2H3. The van der Waals surface area contributed by atoms with Gasteiger partial charge in [-0.05, 0) is 30.9 Å². The number of piperazine rings is 1. The van der Waals surface area contributed by atoms with E-state index in [0.717, 1.165) is 69.8 Å². The van der Waals surface area contributed by atoms with E-state index in [0.29, 0.717) is 6.04 Å². The monoisotopic (exact) mass is 335 g/mol. The second kappa shape index (κ2) is 7.77. The number of nitrogens with zero attached hydrogens (tertiary/aromatic N) is 2. The number of thiophene rings is 1. The van der Waals surface area contributed by atoms with Gasteiger partial charge in [0.15, 0.2) is 0 Å². The Hall–Kier alpha value is -0.910. The molecule has 0 bridgehead atoms. The highest BCUT2D eigenvalue weighted by atomic mass is 32.1. The van der Waals surface area contributed by atoms with Crippen molar-refractivity contribution in [1.29, 1.82) is 0 Å². The summed E-state index contributed by atoms with van der Waals surface area (Å²) in [5, 5.41) is 3.40. The summed E-state index contributed by atoms with van der Waals surface area (Å²) in [5.41, 5.74) is 1.37. The lowest BCUT2D eigenvalue weighted by atomic mass is 10.1. The van der Waals surface area contributed by atoms with Crippen LogP contribution in [0.5, 0.6) is 0 Å². The van der Waals surface area contributed by atoms with Gasteiger partial charge in [-0.25, -0.2) is 0 Å². The normalized spacial score (nSPS) is 22.7. The highest BCUT2D eigenvalue weighted by Crippen LogP contribution is 2.27. The van der Waals surface area contributed by atoms with Gasteiger partial charge in [0.25, 0.3) is 5.91 Å². The van der Waals surface area contributed by atoms with Crippen LogP contribution in [0, 0.1) is 0 Å². The summed E-state index contributed by atoms with van der Waals surface area (Å²) in [6.45, 7) is 10.6. The lowest BCUT2D eigenvalue weighted by molar-refractivity contribution is 0.0778. The van der Waals surface area contributed by atoms with Crippen LogP contribution in [0.4, 0.5) is 0 Å². The van der Waals surface area contributed by atoms with E-state index in [2.05, 4.69) is 35.0 Å². The van der Waals surface area contributed by atoms with Gasteiger partial charge in [0.05, 0.1) is 4.88 Å². The summed E-state index contributed by atoms with van der Waals surface area (Å²) >= 11 is 1.73. The first kappa shape index (κ1) is 16.9. The summed E-state index contributed by atoms with van der Waals surface area (Å²) in [4.78, 5) is 19.9. The Labute approximate surface area is 143 Å². The zero-order chi connectivity index (χ0) is 16.2.